The molecule has 0 radical (unpaired) electrons. The fourth-order valence-electron chi connectivity index (χ4n) is 1.75. The number of hydrogen-bond acceptors (Lipinski definition) is 3. The molecule has 0 unspecified atom stereocenters. The molecule has 1 aromatic rings. The van der Waals surface area contributed by atoms with Crippen LogP contribution in [0.4, 0.5) is 5.69 Å². The molecule has 0 fully saturated rings. The fourth-order valence-corrected chi connectivity index (χ4v) is 1.92. The number of amides is 1. The summed E-state index contributed by atoms with van der Waals surface area (Å²) in [6, 6.07) is 5.60. The monoisotopic (exact) mass is 284 g/mol. The summed E-state index contributed by atoms with van der Waals surface area (Å²) >= 11 is 5.91. The summed E-state index contributed by atoms with van der Waals surface area (Å²) in [5.74, 6) is -0.104. The van der Waals surface area contributed by atoms with Gasteiger partial charge in [-0.3, -0.25) is 9.69 Å². The second-order valence-corrected chi connectivity index (χ2v) is 5.23. The predicted molar refractivity (Wildman–Crippen MR) is 78.6 cm³/mol. The van der Waals surface area contributed by atoms with Crippen LogP contribution in [0, 0.1) is 6.92 Å². The predicted octanol–water partition coefficient (Wildman–Crippen LogP) is 2.29. The lowest BCUT2D eigenvalue weighted by atomic mass is 10.2. The van der Waals surface area contributed by atoms with E-state index in [1.54, 1.807) is 12.1 Å². The zero-order valence-electron chi connectivity index (χ0n) is 11.6. The molecule has 0 atom stereocenters. The molecule has 0 aliphatic carbocycles. The number of hydrogen-bond donors (Lipinski definition) is 2. The van der Waals surface area contributed by atoms with Gasteiger partial charge in [-0.1, -0.05) is 17.7 Å². The second kappa shape index (κ2) is 7.48. The lowest BCUT2D eigenvalue weighted by Crippen LogP contribution is -2.39. The van der Waals surface area contributed by atoms with Gasteiger partial charge in [-0.2, -0.15) is 0 Å². The van der Waals surface area contributed by atoms with Crippen LogP contribution in [-0.2, 0) is 4.79 Å². The summed E-state index contributed by atoms with van der Waals surface area (Å²) in [6.07, 6.45) is 0. The van der Waals surface area contributed by atoms with E-state index in [-0.39, 0.29) is 25.1 Å². The SMILES string of the molecule is Cc1ccc(Cl)cc1NC(=O)CN(CCO)C(C)C. The number of rotatable bonds is 6. The van der Waals surface area contributed by atoms with E-state index in [0.717, 1.165) is 11.3 Å². The molecule has 0 aromatic heterocycles. The number of anilines is 1. The summed E-state index contributed by atoms with van der Waals surface area (Å²) in [5.41, 5.74) is 1.70. The van der Waals surface area contributed by atoms with Crippen molar-refractivity contribution >= 4 is 23.2 Å². The van der Waals surface area contributed by atoms with Gasteiger partial charge in [0.15, 0.2) is 0 Å². The molecular formula is C14H21ClN2O2. The minimum absolute atomic E-state index is 0.0433. The third-order valence-electron chi connectivity index (χ3n) is 2.94. The molecule has 0 saturated heterocycles. The first-order valence-electron chi connectivity index (χ1n) is 6.35. The van der Waals surface area contributed by atoms with Crippen molar-refractivity contribution in [2.24, 2.45) is 0 Å². The Balaban J connectivity index is 2.66. The van der Waals surface area contributed by atoms with Gasteiger partial charge in [0, 0.05) is 23.3 Å². The average molecular weight is 285 g/mol. The Bertz CT molecular complexity index is 435. The van der Waals surface area contributed by atoms with Gasteiger partial charge in [0.1, 0.15) is 0 Å². The average Bonchev–Trinajstić information content (AvgIpc) is 2.33. The van der Waals surface area contributed by atoms with Gasteiger partial charge in [-0.15, -0.1) is 0 Å². The highest BCUT2D eigenvalue weighted by molar-refractivity contribution is 6.31. The number of carbonyl (C=O) groups is 1. The third kappa shape index (κ3) is 5.19. The van der Waals surface area contributed by atoms with Crippen LogP contribution in [0.15, 0.2) is 18.2 Å². The Morgan fingerprint density at radius 2 is 2.16 bits per heavy atom. The largest absolute Gasteiger partial charge is 0.395 e. The molecule has 4 nitrogen and oxygen atoms in total. The topological polar surface area (TPSA) is 52.6 Å². The molecule has 1 aromatic carbocycles. The Hall–Kier alpha value is -1.10. The quantitative estimate of drug-likeness (QED) is 0.843. The molecule has 0 aliphatic rings. The summed E-state index contributed by atoms with van der Waals surface area (Å²) in [6.45, 7) is 6.69. The van der Waals surface area contributed by atoms with Crippen LogP contribution in [-0.4, -0.2) is 41.7 Å². The van der Waals surface area contributed by atoms with E-state index in [9.17, 15) is 4.79 Å². The Labute approximate surface area is 119 Å². The molecule has 5 heteroatoms. The van der Waals surface area contributed by atoms with Crippen LogP contribution in [0.3, 0.4) is 0 Å². The molecule has 0 spiro atoms. The minimum Gasteiger partial charge on any atom is -0.395 e. The van der Waals surface area contributed by atoms with Crippen molar-refractivity contribution in [3.05, 3.63) is 28.8 Å². The summed E-state index contributed by atoms with van der Waals surface area (Å²) < 4.78 is 0. The first-order chi connectivity index (χ1) is 8.93. The smallest absolute Gasteiger partial charge is 0.238 e. The minimum atomic E-state index is -0.104. The maximum Gasteiger partial charge on any atom is 0.238 e. The van der Waals surface area contributed by atoms with Crippen LogP contribution >= 0.6 is 11.6 Å². The van der Waals surface area contributed by atoms with E-state index in [4.69, 9.17) is 16.7 Å². The number of aryl methyl sites for hydroxylation is 1. The standard InChI is InChI=1S/C14H21ClN2O2/c1-10(2)17(6-7-18)9-14(19)16-13-8-12(15)5-4-11(13)3/h4-5,8,10,18H,6-7,9H2,1-3H3,(H,16,19). The van der Waals surface area contributed by atoms with Crippen molar-refractivity contribution in [3.63, 3.8) is 0 Å². The summed E-state index contributed by atoms with van der Waals surface area (Å²) in [4.78, 5) is 13.9. The van der Waals surface area contributed by atoms with Gasteiger partial charge < -0.3 is 10.4 Å². The van der Waals surface area contributed by atoms with Gasteiger partial charge in [-0.05, 0) is 38.5 Å². The maximum absolute atomic E-state index is 12.0. The first-order valence-corrected chi connectivity index (χ1v) is 6.72. The second-order valence-electron chi connectivity index (χ2n) is 4.80. The van der Waals surface area contributed by atoms with Gasteiger partial charge in [0.2, 0.25) is 5.91 Å². The first kappa shape index (κ1) is 16.0. The van der Waals surface area contributed by atoms with Gasteiger partial charge >= 0.3 is 0 Å². The van der Waals surface area contributed by atoms with E-state index >= 15 is 0 Å². The highest BCUT2D eigenvalue weighted by atomic mass is 35.5. The van der Waals surface area contributed by atoms with Gasteiger partial charge in [0.05, 0.1) is 13.2 Å². The highest BCUT2D eigenvalue weighted by Crippen LogP contribution is 2.20. The van der Waals surface area contributed by atoms with Crippen molar-refractivity contribution in [2.45, 2.75) is 26.8 Å². The number of benzene rings is 1. The van der Waals surface area contributed by atoms with Crippen LogP contribution in [0.25, 0.3) is 0 Å². The van der Waals surface area contributed by atoms with E-state index in [0.29, 0.717) is 11.6 Å². The molecule has 2 N–H and O–H groups in total. The van der Waals surface area contributed by atoms with E-state index < -0.39 is 0 Å². The molecule has 19 heavy (non-hydrogen) atoms. The fraction of sp³-hybridized carbons (Fsp3) is 0.500. The summed E-state index contributed by atoms with van der Waals surface area (Å²) in [5, 5.41) is 12.4. The Morgan fingerprint density at radius 3 is 2.74 bits per heavy atom. The number of nitrogens with zero attached hydrogens (tertiary/aromatic N) is 1. The molecule has 1 amide bonds. The van der Waals surface area contributed by atoms with E-state index in [1.807, 2.05) is 31.7 Å². The van der Waals surface area contributed by atoms with Crippen molar-refractivity contribution in [2.75, 3.05) is 25.0 Å². The van der Waals surface area contributed by atoms with Crippen molar-refractivity contribution < 1.29 is 9.90 Å². The Kier molecular flexibility index (Phi) is 6.28. The van der Waals surface area contributed by atoms with Crippen LogP contribution in [0.5, 0.6) is 0 Å². The number of aliphatic hydroxyl groups excluding tert-OH is 1. The maximum atomic E-state index is 12.0. The molecule has 106 valence electrons. The van der Waals surface area contributed by atoms with Crippen LogP contribution in [0.2, 0.25) is 5.02 Å². The number of carbonyl (C=O) groups excluding carboxylic acids is 1. The molecular weight excluding hydrogens is 264 g/mol. The van der Waals surface area contributed by atoms with Crippen molar-refractivity contribution in [1.29, 1.82) is 0 Å². The lowest BCUT2D eigenvalue weighted by molar-refractivity contribution is -0.117. The van der Waals surface area contributed by atoms with Crippen molar-refractivity contribution in [3.8, 4) is 0 Å². The van der Waals surface area contributed by atoms with Crippen LogP contribution in [0.1, 0.15) is 19.4 Å². The van der Waals surface area contributed by atoms with Gasteiger partial charge in [0.25, 0.3) is 0 Å². The normalized spacial score (nSPS) is 11.1. The molecule has 0 heterocycles. The van der Waals surface area contributed by atoms with Crippen molar-refractivity contribution in [1.82, 2.24) is 4.90 Å². The molecule has 0 saturated carbocycles. The van der Waals surface area contributed by atoms with Crippen LogP contribution < -0.4 is 5.32 Å². The zero-order chi connectivity index (χ0) is 14.4. The van der Waals surface area contributed by atoms with E-state index in [2.05, 4.69) is 5.32 Å². The Morgan fingerprint density at radius 1 is 1.47 bits per heavy atom. The zero-order valence-corrected chi connectivity index (χ0v) is 12.4. The lowest BCUT2D eigenvalue weighted by Gasteiger charge is -2.24. The highest BCUT2D eigenvalue weighted by Gasteiger charge is 2.14. The molecule has 0 bridgehead atoms. The van der Waals surface area contributed by atoms with Gasteiger partial charge in [-0.25, -0.2) is 0 Å². The molecule has 0 aliphatic heterocycles. The summed E-state index contributed by atoms with van der Waals surface area (Å²) in [7, 11) is 0. The number of nitrogens with one attached hydrogen (secondary N) is 1. The third-order valence-corrected chi connectivity index (χ3v) is 3.17. The molecule has 1 rings (SSSR count). The van der Waals surface area contributed by atoms with E-state index in [1.165, 1.54) is 0 Å². The number of halogens is 1. The number of aliphatic hydroxyl groups is 1.